The van der Waals surface area contributed by atoms with E-state index in [-0.39, 0.29) is 0 Å². The smallest absolute Gasteiger partial charge is 0.213 e. The molecule has 3 heterocycles. The van der Waals surface area contributed by atoms with E-state index in [0.29, 0.717) is 17.0 Å². The predicted octanol–water partition coefficient (Wildman–Crippen LogP) is 1.26. The summed E-state index contributed by atoms with van der Waals surface area (Å²) in [4.78, 5) is 7.74. The van der Waals surface area contributed by atoms with Crippen LogP contribution in [0.15, 0.2) is 30.6 Å². The van der Waals surface area contributed by atoms with Gasteiger partial charge in [0.05, 0.1) is 11.4 Å². The van der Waals surface area contributed by atoms with Crippen molar-refractivity contribution >= 4 is 5.65 Å². The molecule has 0 saturated heterocycles. The standard InChI is InChI=1S/C9H6FN5/c10-8-3-1-2-6(13-8)7-4-9-11-5-12-15(9)14-7/h1-5,14H. The van der Waals surface area contributed by atoms with E-state index in [1.54, 1.807) is 18.2 Å². The van der Waals surface area contributed by atoms with E-state index in [9.17, 15) is 4.39 Å². The molecule has 3 aromatic heterocycles. The SMILES string of the molecule is Fc1cccc(-c2cc3ncnn3[nH]2)n1. The Hall–Kier alpha value is -2.24. The van der Waals surface area contributed by atoms with Gasteiger partial charge in [0, 0.05) is 6.07 Å². The van der Waals surface area contributed by atoms with E-state index < -0.39 is 5.95 Å². The quantitative estimate of drug-likeness (QED) is 0.605. The third-order valence-electron chi connectivity index (χ3n) is 2.06. The Bertz CT molecular complexity index is 583. The summed E-state index contributed by atoms with van der Waals surface area (Å²) < 4.78 is 14.4. The first-order chi connectivity index (χ1) is 7.33. The summed E-state index contributed by atoms with van der Waals surface area (Å²) >= 11 is 0. The molecule has 0 aliphatic heterocycles. The Kier molecular flexibility index (Phi) is 1.55. The molecule has 0 unspecified atom stereocenters. The molecule has 0 aromatic carbocycles. The molecule has 74 valence electrons. The van der Waals surface area contributed by atoms with Gasteiger partial charge in [-0.2, -0.15) is 9.02 Å². The average Bonchev–Trinajstić information content (AvgIpc) is 2.76. The number of H-pyrrole nitrogens is 1. The van der Waals surface area contributed by atoms with E-state index in [1.165, 1.54) is 17.0 Å². The summed E-state index contributed by atoms with van der Waals surface area (Å²) in [6.45, 7) is 0. The van der Waals surface area contributed by atoms with Crippen molar-refractivity contribution in [2.45, 2.75) is 0 Å². The molecule has 0 atom stereocenters. The zero-order valence-electron chi connectivity index (χ0n) is 7.55. The van der Waals surface area contributed by atoms with E-state index in [1.807, 2.05) is 0 Å². The number of pyridine rings is 1. The van der Waals surface area contributed by atoms with Crippen molar-refractivity contribution in [3.63, 3.8) is 0 Å². The van der Waals surface area contributed by atoms with Crippen LogP contribution in [0.3, 0.4) is 0 Å². The minimum atomic E-state index is -0.507. The third-order valence-corrected chi connectivity index (χ3v) is 2.06. The first kappa shape index (κ1) is 8.10. The lowest BCUT2D eigenvalue weighted by atomic mass is 10.3. The van der Waals surface area contributed by atoms with Crippen LogP contribution in [-0.4, -0.2) is 24.8 Å². The molecule has 0 spiro atoms. The lowest BCUT2D eigenvalue weighted by Crippen LogP contribution is -1.89. The highest BCUT2D eigenvalue weighted by atomic mass is 19.1. The fourth-order valence-electron chi connectivity index (χ4n) is 1.40. The second-order valence-corrected chi connectivity index (χ2v) is 3.05. The Labute approximate surface area is 83.6 Å². The second-order valence-electron chi connectivity index (χ2n) is 3.05. The van der Waals surface area contributed by atoms with Crippen LogP contribution in [-0.2, 0) is 0 Å². The highest BCUT2D eigenvalue weighted by molar-refractivity contribution is 5.59. The largest absolute Gasteiger partial charge is 0.274 e. The molecule has 5 nitrogen and oxygen atoms in total. The maximum Gasteiger partial charge on any atom is 0.213 e. The first-order valence-electron chi connectivity index (χ1n) is 4.34. The fourth-order valence-corrected chi connectivity index (χ4v) is 1.40. The Balaban J connectivity index is 2.17. The van der Waals surface area contributed by atoms with Crippen molar-refractivity contribution in [1.82, 2.24) is 24.8 Å². The fraction of sp³-hybridized carbons (Fsp3) is 0. The van der Waals surface area contributed by atoms with E-state index in [0.717, 1.165) is 0 Å². The number of nitrogens with one attached hydrogen (secondary N) is 1. The normalized spacial score (nSPS) is 11.0. The minimum absolute atomic E-state index is 0.507. The van der Waals surface area contributed by atoms with Crippen molar-refractivity contribution in [2.24, 2.45) is 0 Å². The van der Waals surface area contributed by atoms with Crippen LogP contribution in [0.5, 0.6) is 0 Å². The topological polar surface area (TPSA) is 58.9 Å². The monoisotopic (exact) mass is 203 g/mol. The molecule has 0 aliphatic rings. The van der Waals surface area contributed by atoms with Gasteiger partial charge in [0.25, 0.3) is 0 Å². The molecule has 0 aliphatic carbocycles. The summed E-state index contributed by atoms with van der Waals surface area (Å²) in [5.41, 5.74) is 1.89. The maximum atomic E-state index is 12.9. The molecular weight excluding hydrogens is 197 g/mol. The van der Waals surface area contributed by atoms with Gasteiger partial charge in [-0.25, -0.2) is 9.97 Å². The van der Waals surface area contributed by atoms with Gasteiger partial charge in [0.1, 0.15) is 6.33 Å². The van der Waals surface area contributed by atoms with Crippen LogP contribution >= 0.6 is 0 Å². The summed E-state index contributed by atoms with van der Waals surface area (Å²) in [5.74, 6) is -0.507. The lowest BCUT2D eigenvalue weighted by molar-refractivity contribution is 0.585. The molecule has 0 amide bonds. The zero-order chi connectivity index (χ0) is 10.3. The average molecular weight is 203 g/mol. The van der Waals surface area contributed by atoms with Gasteiger partial charge in [0.15, 0.2) is 5.65 Å². The number of hydrogen-bond donors (Lipinski definition) is 1. The molecular formula is C9H6FN5. The van der Waals surface area contributed by atoms with Gasteiger partial charge in [-0.1, -0.05) is 6.07 Å². The van der Waals surface area contributed by atoms with Crippen molar-refractivity contribution in [3.05, 3.63) is 36.5 Å². The highest BCUT2D eigenvalue weighted by Gasteiger charge is 2.06. The van der Waals surface area contributed by atoms with Crippen LogP contribution in [0.1, 0.15) is 0 Å². The molecule has 15 heavy (non-hydrogen) atoms. The highest BCUT2D eigenvalue weighted by Crippen LogP contribution is 2.15. The molecule has 0 fully saturated rings. The molecule has 3 rings (SSSR count). The van der Waals surface area contributed by atoms with E-state index in [4.69, 9.17) is 0 Å². The lowest BCUT2D eigenvalue weighted by Gasteiger charge is -1.95. The Morgan fingerprint density at radius 1 is 1.33 bits per heavy atom. The summed E-state index contributed by atoms with van der Waals surface area (Å²) in [6.07, 6.45) is 1.44. The number of fused-ring (bicyclic) bond motifs is 1. The summed E-state index contributed by atoms with van der Waals surface area (Å²) in [5, 5.41) is 6.85. The number of hydrogen-bond acceptors (Lipinski definition) is 3. The van der Waals surface area contributed by atoms with Crippen molar-refractivity contribution < 1.29 is 4.39 Å². The van der Waals surface area contributed by atoms with Gasteiger partial charge in [-0.05, 0) is 12.1 Å². The van der Waals surface area contributed by atoms with Gasteiger partial charge in [-0.3, -0.25) is 5.10 Å². The van der Waals surface area contributed by atoms with Crippen molar-refractivity contribution in [2.75, 3.05) is 0 Å². The van der Waals surface area contributed by atoms with Crippen LogP contribution < -0.4 is 0 Å². The van der Waals surface area contributed by atoms with Gasteiger partial charge in [-0.15, -0.1) is 5.10 Å². The van der Waals surface area contributed by atoms with Crippen LogP contribution in [0.4, 0.5) is 4.39 Å². The third kappa shape index (κ3) is 1.26. The van der Waals surface area contributed by atoms with Crippen LogP contribution in [0.25, 0.3) is 17.0 Å². The van der Waals surface area contributed by atoms with E-state index in [2.05, 4.69) is 20.2 Å². The number of aromatic nitrogens is 5. The summed E-state index contributed by atoms with van der Waals surface area (Å²) in [6, 6.07) is 6.38. The first-order valence-corrected chi connectivity index (χ1v) is 4.34. The number of nitrogens with zero attached hydrogens (tertiary/aromatic N) is 4. The molecule has 0 bridgehead atoms. The molecule has 1 N–H and O–H groups in total. The van der Waals surface area contributed by atoms with E-state index >= 15 is 0 Å². The number of aromatic amines is 1. The van der Waals surface area contributed by atoms with Crippen LogP contribution in [0.2, 0.25) is 0 Å². The molecule has 6 heteroatoms. The summed E-state index contributed by atoms with van der Waals surface area (Å²) in [7, 11) is 0. The maximum absolute atomic E-state index is 12.9. The van der Waals surface area contributed by atoms with Gasteiger partial charge in [0.2, 0.25) is 5.95 Å². The zero-order valence-corrected chi connectivity index (χ0v) is 7.55. The number of halogens is 1. The second kappa shape index (κ2) is 2.88. The van der Waals surface area contributed by atoms with Crippen LogP contribution in [0, 0.1) is 5.95 Å². The minimum Gasteiger partial charge on any atom is -0.274 e. The van der Waals surface area contributed by atoms with Crippen molar-refractivity contribution in [3.8, 4) is 11.4 Å². The van der Waals surface area contributed by atoms with Gasteiger partial charge < -0.3 is 0 Å². The predicted molar refractivity (Wildman–Crippen MR) is 50.5 cm³/mol. The molecule has 3 aromatic rings. The van der Waals surface area contributed by atoms with Gasteiger partial charge >= 0.3 is 0 Å². The number of rotatable bonds is 1. The molecule has 0 radical (unpaired) electrons. The molecule has 0 saturated carbocycles. The Morgan fingerprint density at radius 2 is 2.27 bits per heavy atom. The van der Waals surface area contributed by atoms with Crippen molar-refractivity contribution in [1.29, 1.82) is 0 Å². The Morgan fingerprint density at radius 3 is 3.07 bits per heavy atom.